The lowest BCUT2D eigenvalue weighted by Gasteiger charge is -2.27. The second-order valence-electron chi connectivity index (χ2n) is 6.71. The first-order valence-corrected chi connectivity index (χ1v) is 7.86. The summed E-state index contributed by atoms with van der Waals surface area (Å²) < 4.78 is 42.5. The SMILES string of the molecule is COc1ccc(C(C)(C)CNC2CCN(CC(F)(F)F)C2=O)cc1. The summed E-state index contributed by atoms with van der Waals surface area (Å²) >= 11 is 0. The Morgan fingerprint density at radius 1 is 1.25 bits per heavy atom. The van der Waals surface area contributed by atoms with Gasteiger partial charge < -0.3 is 15.0 Å². The van der Waals surface area contributed by atoms with Gasteiger partial charge in [0.25, 0.3) is 0 Å². The Morgan fingerprint density at radius 2 is 1.88 bits per heavy atom. The van der Waals surface area contributed by atoms with Gasteiger partial charge in [-0.2, -0.15) is 13.2 Å². The molecule has 1 aliphatic rings. The first-order valence-electron chi connectivity index (χ1n) is 7.86. The van der Waals surface area contributed by atoms with Crippen molar-refractivity contribution in [1.29, 1.82) is 0 Å². The molecule has 0 radical (unpaired) electrons. The van der Waals surface area contributed by atoms with Crippen LogP contribution in [0, 0.1) is 0 Å². The van der Waals surface area contributed by atoms with Crippen LogP contribution in [0.5, 0.6) is 5.75 Å². The predicted octanol–water partition coefficient (Wildman–Crippen LogP) is 2.73. The number of nitrogens with zero attached hydrogens (tertiary/aromatic N) is 1. The number of alkyl halides is 3. The predicted molar refractivity (Wildman–Crippen MR) is 85.1 cm³/mol. The van der Waals surface area contributed by atoms with Gasteiger partial charge in [-0.15, -0.1) is 0 Å². The maximum atomic E-state index is 12.4. The molecule has 0 aliphatic carbocycles. The maximum absolute atomic E-state index is 12.4. The molecule has 1 saturated heterocycles. The smallest absolute Gasteiger partial charge is 0.406 e. The zero-order chi connectivity index (χ0) is 18.0. The van der Waals surface area contributed by atoms with Gasteiger partial charge in [0.15, 0.2) is 0 Å². The van der Waals surface area contributed by atoms with Gasteiger partial charge in [-0.3, -0.25) is 4.79 Å². The Labute approximate surface area is 140 Å². The molecule has 1 fully saturated rings. The molecule has 0 aromatic heterocycles. The summed E-state index contributed by atoms with van der Waals surface area (Å²) in [6.45, 7) is 3.50. The lowest BCUT2D eigenvalue weighted by Crippen LogP contribution is -2.45. The normalized spacial score (nSPS) is 19.0. The van der Waals surface area contributed by atoms with E-state index in [1.165, 1.54) is 0 Å². The van der Waals surface area contributed by atoms with Gasteiger partial charge in [-0.25, -0.2) is 0 Å². The minimum Gasteiger partial charge on any atom is -0.497 e. The number of nitrogens with one attached hydrogen (secondary N) is 1. The lowest BCUT2D eigenvalue weighted by atomic mass is 9.84. The summed E-state index contributed by atoms with van der Waals surface area (Å²) in [4.78, 5) is 12.9. The van der Waals surface area contributed by atoms with E-state index in [9.17, 15) is 18.0 Å². The summed E-state index contributed by atoms with van der Waals surface area (Å²) in [7, 11) is 1.60. The zero-order valence-electron chi connectivity index (χ0n) is 14.1. The molecule has 1 aliphatic heterocycles. The van der Waals surface area contributed by atoms with Crippen molar-refractivity contribution in [3.63, 3.8) is 0 Å². The largest absolute Gasteiger partial charge is 0.497 e. The summed E-state index contributed by atoms with van der Waals surface area (Å²) in [6, 6.07) is 7.08. The second kappa shape index (κ2) is 7.01. The molecule has 24 heavy (non-hydrogen) atoms. The van der Waals surface area contributed by atoms with Crippen LogP contribution in [-0.2, 0) is 10.2 Å². The van der Waals surface area contributed by atoms with E-state index in [2.05, 4.69) is 5.32 Å². The van der Waals surface area contributed by atoms with Crippen LogP contribution in [0.25, 0.3) is 0 Å². The highest BCUT2D eigenvalue weighted by Crippen LogP contribution is 2.26. The molecule has 0 saturated carbocycles. The molecule has 1 aromatic carbocycles. The highest BCUT2D eigenvalue weighted by molar-refractivity contribution is 5.84. The number of benzene rings is 1. The Morgan fingerprint density at radius 3 is 2.42 bits per heavy atom. The Kier molecular flexibility index (Phi) is 5.42. The van der Waals surface area contributed by atoms with Gasteiger partial charge in [-0.1, -0.05) is 26.0 Å². The number of likely N-dealkylation sites (tertiary alicyclic amines) is 1. The average molecular weight is 344 g/mol. The van der Waals surface area contributed by atoms with Gasteiger partial charge in [0.05, 0.1) is 13.2 Å². The number of carbonyl (C=O) groups excluding carboxylic acids is 1. The zero-order valence-corrected chi connectivity index (χ0v) is 14.1. The molecule has 0 bridgehead atoms. The fraction of sp³-hybridized carbons (Fsp3) is 0.588. The van der Waals surface area contributed by atoms with Crippen molar-refractivity contribution in [3.8, 4) is 5.75 Å². The number of halogens is 3. The second-order valence-corrected chi connectivity index (χ2v) is 6.71. The monoisotopic (exact) mass is 344 g/mol. The van der Waals surface area contributed by atoms with Crippen LogP contribution in [0.1, 0.15) is 25.8 Å². The van der Waals surface area contributed by atoms with E-state index in [-0.39, 0.29) is 12.0 Å². The quantitative estimate of drug-likeness (QED) is 0.863. The summed E-state index contributed by atoms with van der Waals surface area (Å²) in [5, 5.41) is 3.12. The molecule has 2 rings (SSSR count). The van der Waals surface area contributed by atoms with E-state index < -0.39 is 24.7 Å². The standard InChI is InChI=1S/C17H23F3N2O2/c1-16(2,12-4-6-13(24-3)7-5-12)10-21-14-8-9-22(15(14)23)11-17(18,19)20/h4-7,14,21H,8-11H2,1-3H3. The molecule has 1 atom stereocenters. The van der Waals surface area contributed by atoms with E-state index >= 15 is 0 Å². The van der Waals surface area contributed by atoms with Crippen LogP contribution >= 0.6 is 0 Å². The van der Waals surface area contributed by atoms with Crippen LogP contribution < -0.4 is 10.1 Å². The molecular formula is C17H23F3N2O2. The van der Waals surface area contributed by atoms with Crippen molar-refractivity contribution < 1.29 is 22.7 Å². The number of ether oxygens (including phenoxy) is 1. The fourth-order valence-electron chi connectivity index (χ4n) is 2.82. The van der Waals surface area contributed by atoms with Crippen molar-refractivity contribution in [1.82, 2.24) is 10.2 Å². The molecule has 1 N–H and O–H groups in total. The molecule has 4 nitrogen and oxygen atoms in total. The van der Waals surface area contributed by atoms with Gasteiger partial charge in [-0.05, 0) is 24.1 Å². The first-order chi connectivity index (χ1) is 11.1. The number of rotatable bonds is 6. The van der Waals surface area contributed by atoms with Crippen LogP contribution in [0.4, 0.5) is 13.2 Å². The number of hydrogen-bond acceptors (Lipinski definition) is 3. The number of amides is 1. The van der Waals surface area contributed by atoms with Crippen molar-refractivity contribution in [2.45, 2.75) is 37.9 Å². The maximum Gasteiger partial charge on any atom is 0.406 e. The van der Waals surface area contributed by atoms with Crippen LogP contribution in [0.3, 0.4) is 0 Å². The molecule has 1 aromatic rings. The van der Waals surface area contributed by atoms with Crippen molar-refractivity contribution in [3.05, 3.63) is 29.8 Å². The molecule has 1 heterocycles. The lowest BCUT2D eigenvalue weighted by molar-refractivity contribution is -0.158. The van der Waals surface area contributed by atoms with Crippen molar-refractivity contribution in [2.24, 2.45) is 0 Å². The first kappa shape index (κ1) is 18.6. The van der Waals surface area contributed by atoms with Gasteiger partial charge >= 0.3 is 6.18 Å². The van der Waals surface area contributed by atoms with Crippen LogP contribution in [-0.4, -0.2) is 49.8 Å². The van der Waals surface area contributed by atoms with Gasteiger partial charge in [0, 0.05) is 18.5 Å². The Balaban J connectivity index is 1.93. The summed E-state index contributed by atoms with van der Waals surface area (Å²) in [5.41, 5.74) is 0.803. The fourth-order valence-corrected chi connectivity index (χ4v) is 2.82. The molecule has 134 valence electrons. The average Bonchev–Trinajstić information content (AvgIpc) is 2.84. The Bertz CT molecular complexity index is 570. The molecule has 1 unspecified atom stereocenters. The number of carbonyl (C=O) groups is 1. The third-order valence-corrected chi connectivity index (χ3v) is 4.33. The highest BCUT2D eigenvalue weighted by atomic mass is 19.4. The minimum atomic E-state index is -4.35. The van der Waals surface area contributed by atoms with Crippen molar-refractivity contribution >= 4 is 5.91 Å². The molecule has 0 spiro atoms. The van der Waals surface area contributed by atoms with Crippen molar-refractivity contribution in [2.75, 3.05) is 26.7 Å². The van der Waals surface area contributed by atoms with E-state index in [1.807, 2.05) is 38.1 Å². The topological polar surface area (TPSA) is 41.6 Å². The Hall–Kier alpha value is -1.76. The van der Waals surface area contributed by atoms with Crippen LogP contribution in [0.2, 0.25) is 0 Å². The number of methoxy groups -OCH3 is 1. The third-order valence-electron chi connectivity index (χ3n) is 4.33. The molecular weight excluding hydrogens is 321 g/mol. The molecule has 1 amide bonds. The van der Waals surface area contributed by atoms with E-state index in [0.29, 0.717) is 13.0 Å². The third kappa shape index (κ3) is 4.63. The summed E-state index contributed by atoms with van der Waals surface area (Å²) in [5.74, 6) is 0.286. The van der Waals surface area contributed by atoms with E-state index in [0.717, 1.165) is 16.2 Å². The minimum absolute atomic E-state index is 0.138. The highest BCUT2D eigenvalue weighted by Gasteiger charge is 2.39. The van der Waals surface area contributed by atoms with E-state index in [4.69, 9.17) is 4.74 Å². The number of hydrogen-bond donors (Lipinski definition) is 1. The van der Waals surface area contributed by atoms with Crippen LogP contribution in [0.15, 0.2) is 24.3 Å². The van der Waals surface area contributed by atoms with Gasteiger partial charge in [0.2, 0.25) is 5.91 Å². The summed E-state index contributed by atoms with van der Waals surface area (Å²) in [6.07, 6.45) is -3.96. The van der Waals surface area contributed by atoms with E-state index in [1.54, 1.807) is 7.11 Å². The molecule has 7 heteroatoms. The van der Waals surface area contributed by atoms with Gasteiger partial charge in [0.1, 0.15) is 12.3 Å².